The zero-order valence-electron chi connectivity index (χ0n) is 20.0. The van der Waals surface area contributed by atoms with Gasteiger partial charge in [0.1, 0.15) is 18.1 Å². The first-order valence-corrected chi connectivity index (χ1v) is 11.7. The summed E-state index contributed by atoms with van der Waals surface area (Å²) in [5.41, 5.74) is 5.06. The molecule has 0 fully saturated rings. The highest BCUT2D eigenvalue weighted by Crippen LogP contribution is 2.22. The van der Waals surface area contributed by atoms with Crippen LogP contribution in [0.5, 0.6) is 0 Å². The first kappa shape index (κ1) is 23.7. The van der Waals surface area contributed by atoms with Crippen molar-refractivity contribution in [2.75, 3.05) is 6.61 Å². The lowest BCUT2D eigenvalue weighted by atomic mass is 10.1. The largest absolute Gasteiger partial charge is 0.462 e. The van der Waals surface area contributed by atoms with Gasteiger partial charge in [0, 0.05) is 16.3 Å². The fourth-order valence-corrected chi connectivity index (χ4v) is 4.16. The van der Waals surface area contributed by atoms with Crippen LogP contribution in [0.4, 0.5) is 0 Å². The number of benzene rings is 3. The summed E-state index contributed by atoms with van der Waals surface area (Å²) in [5.74, 6) is 0.315. The number of hydrogen-bond acceptors (Lipinski definition) is 6. The van der Waals surface area contributed by atoms with Crippen LogP contribution in [0, 0.1) is 0 Å². The second-order valence-electron chi connectivity index (χ2n) is 8.24. The number of para-hydroxylation sites is 2. The molecule has 1 amide bonds. The fourth-order valence-electron chi connectivity index (χ4n) is 4.16. The molecule has 0 spiro atoms. The molecule has 0 atom stereocenters. The minimum Gasteiger partial charge on any atom is -0.462 e. The number of furan rings is 1. The summed E-state index contributed by atoms with van der Waals surface area (Å²) in [6, 6.07) is 24.8. The summed E-state index contributed by atoms with van der Waals surface area (Å²) in [7, 11) is 0. The predicted molar refractivity (Wildman–Crippen MR) is 142 cm³/mol. The second-order valence-corrected chi connectivity index (χ2v) is 8.24. The van der Waals surface area contributed by atoms with E-state index in [9.17, 15) is 14.4 Å². The van der Waals surface area contributed by atoms with E-state index < -0.39 is 0 Å². The zero-order chi connectivity index (χ0) is 25.8. The molecule has 0 aliphatic heterocycles. The Morgan fingerprint density at radius 2 is 1.57 bits per heavy atom. The maximum Gasteiger partial charge on any atom is 0.338 e. The lowest BCUT2D eigenvalue weighted by Crippen LogP contribution is -2.25. The number of nitrogens with zero attached hydrogens (tertiary/aromatic N) is 2. The van der Waals surface area contributed by atoms with Gasteiger partial charge in [0.2, 0.25) is 0 Å². The summed E-state index contributed by atoms with van der Waals surface area (Å²) in [6.45, 7) is 2.06. The van der Waals surface area contributed by atoms with E-state index in [4.69, 9.17) is 9.15 Å². The van der Waals surface area contributed by atoms with Crippen LogP contribution in [-0.4, -0.2) is 29.3 Å². The number of rotatable bonds is 7. The van der Waals surface area contributed by atoms with Gasteiger partial charge in [-0.3, -0.25) is 9.59 Å². The van der Waals surface area contributed by atoms with Gasteiger partial charge in [-0.05, 0) is 55.5 Å². The van der Waals surface area contributed by atoms with E-state index in [1.165, 1.54) is 6.21 Å². The highest BCUT2D eigenvalue weighted by Gasteiger charge is 2.13. The molecule has 0 saturated heterocycles. The minimum absolute atomic E-state index is 0.0190. The van der Waals surface area contributed by atoms with Crippen molar-refractivity contribution < 1.29 is 18.7 Å². The molecule has 2 aromatic heterocycles. The van der Waals surface area contributed by atoms with Crippen LogP contribution in [0.3, 0.4) is 0 Å². The standard InChI is InChI=1S/C29H23N3O5/c1-2-36-29(35)20-13-11-19(12-14-20)26-16-15-21(37-26)17-30-31-27(33)18-32-24-9-5-3-7-22(24)28(34)23-8-4-6-10-25(23)32/h3-17H,2,18H2,1H3,(H,31,33)/b30-17-. The molecule has 8 nitrogen and oxygen atoms in total. The molecule has 3 aromatic carbocycles. The van der Waals surface area contributed by atoms with Gasteiger partial charge in [-0.25, -0.2) is 10.2 Å². The van der Waals surface area contributed by atoms with E-state index in [0.717, 1.165) is 5.56 Å². The Labute approximate surface area is 211 Å². The summed E-state index contributed by atoms with van der Waals surface area (Å²) >= 11 is 0. The number of carbonyl (C=O) groups excluding carboxylic acids is 2. The molecule has 5 aromatic rings. The van der Waals surface area contributed by atoms with E-state index in [0.29, 0.717) is 45.5 Å². The van der Waals surface area contributed by atoms with Crippen LogP contribution in [0.2, 0.25) is 0 Å². The van der Waals surface area contributed by atoms with Gasteiger partial charge in [-0.2, -0.15) is 5.10 Å². The normalized spacial score (nSPS) is 11.3. The van der Waals surface area contributed by atoms with Crippen molar-refractivity contribution in [2.24, 2.45) is 5.10 Å². The van der Waals surface area contributed by atoms with Crippen LogP contribution in [0.25, 0.3) is 33.1 Å². The molecule has 1 N–H and O–H groups in total. The van der Waals surface area contributed by atoms with E-state index in [-0.39, 0.29) is 23.9 Å². The van der Waals surface area contributed by atoms with Gasteiger partial charge >= 0.3 is 5.97 Å². The highest BCUT2D eigenvalue weighted by atomic mass is 16.5. The Morgan fingerprint density at radius 3 is 2.22 bits per heavy atom. The average Bonchev–Trinajstić information content (AvgIpc) is 3.40. The molecule has 37 heavy (non-hydrogen) atoms. The van der Waals surface area contributed by atoms with Gasteiger partial charge in [0.05, 0.1) is 29.4 Å². The molecule has 5 rings (SSSR count). The number of esters is 1. The van der Waals surface area contributed by atoms with Crippen molar-refractivity contribution in [3.05, 3.63) is 106 Å². The molecule has 0 saturated carbocycles. The van der Waals surface area contributed by atoms with Gasteiger partial charge < -0.3 is 13.7 Å². The smallest absolute Gasteiger partial charge is 0.338 e. The number of aromatic nitrogens is 1. The number of carbonyl (C=O) groups is 2. The van der Waals surface area contributed by atoms with Crippen LogP contribution in [0.15, 0.2) is 99.2 Å². The summed E-state index contributed by atoms with van der Waals surface area (Å²) in [5, 5.41) is 5.13. The van der Waals surface area contributed by atoms with Gasteiger partial charge in [-0.15, -0.1) is 0 Å². The van der Waals surface area contributed by atoms with Crippen molar-refractivity contribution in [3.63, 3.8) is 0 Å². The van der Waals surface area contributed by atoms with Crippen LogP contribution in [0.1, 0.15) is 23.0 Å². The number of nitrogens with one attached hydrogen (secondary N) is 1. The van der Waals surface area contributed by atoms with E-state index in [1.54, 1.807) is 67.6 Å². The highest BCUT2D eigenvalue weighted by molar-refractivity contribution is 5.95. The number of hydrazone groups is 1. The van der Waals surface area contributed by atoms with Crippen molar-refractivity contribution in [1.29, 1.82) is 0 Å². The monoisotopic (exact) mass is 493 g/mol. The summed E-state index contributed by atoms with van der Waals surface area (Å²) in [4.78, 5) is 37.4. The first-order valence-electron chi connectivity index (χ1n) is 11.7. The quantitative estimate of drug-likeness (QED) is 0.153. The van der Waals surface area contributed by atoms with Gasteiger partial charge in [0.15, 0.2) is 5.43 Å². The summed E-state index contributed by atoms with van der Waals surface area (Å²) < 4.78 is 12.6. The number of amides is 1. The van der Waals surface area contributed by atoms with E-state index in [1.807, 2.05) is 28.8 Å². The van der Waals surface area contributed by atoms with Crippen LogP contribution < -0.4 is 10.9 Å². The number of hydrogen-bond donors (Lipinski definition) is 1. The molecule has 2 heterocycles. The number of fused-ring (bicyclic) bond motifs is 2. The van der Waals surface area contributed by atoms with Crippen LogP contribution >= 0.6 is 0 Å². The molecular weight excluding hydrogens is 470 g/mol. The maximum absolute atomic E-state index is 12.9. The Bertz CT molecular complexity index is 1640. The Kier molecular flexibility index (Phi) is 6.63. The number of ether oxygens (including phenoxy) is 1. The SMILES string of the molecule is CCOC(=O)c1ccc(-c2ccc(/C=N\NC(=O)Cn3c4ccccc4c(=O)c4ccccc43)o2)cc1. The lowest BCUT2D eigenvalue weighted by Gasteiger charge is -2.14. The molecule has 0 aliphatic rings. The lowest BCUT2D eigenvalue weighted by molar-refractivity contribution is -0.121. The topological polar surface area (TPSA) is 103 Å². The van der Waals surface area contributed by atoms with Crippen molar-refractivity contribution in [2.45, 2.75) is 13.5 Å². The average molecular weight is 494 g/mol. The van der Waals surface area contributed by atoms with E-state index in [2.05, 4.69) is 10.5 Å². The molecule has 0 bridgehead atoms. The van der Waals surface area contributed by atoms with Gasteiger partial charge in [0.25, 0.3) is 5.91 Å². The molecular formula is C29H23N3O5. The Hall–Kier alpha value is -4.98. The second kappa shape index (κ2) is 10.3. The van der Waals surface area contributed by atoms with Crippen molar-refractivity contribution in [3.8, 4) is 11.3 Å². The molecule has 0 radical (unpaired) electrons. The number of pyridine rings is 1. The molecule has 8 heteroatoms. The minimum atomic E-state index is -0.375. The van der Waals surface area contributed by atoms with Crippen LogP contribution in [-0.2, 0) is 16.1 Å². The molecule has 0 aliphatic carbocycles. The molecule has 0 unspecified atom stereocenters. The third kappa shape index (κ3) is 4.90. The van der Waals surface area contributed by atoms with Crippen molar-refractivity contribution in [1.82, 2.24) is 9.99 Å². The van der Waals surface area contributed by atoms with Gasteiger partial charge in [-0.1, -0.05) is 36.4 Å². The fraction of sp³-hybridized carbons (Fsp3) is 0.103. The first-order chi connectivity index (χ1) is 18.0. The van der Waals surface area contributed by atoms with Crippen molar-refractivity contribution >= 4 is 39.9 Å². The predicted octanol–water partition coefficient (Wildman–Crippen LogP) is 4.74. The molecule has 184 valence electrons. The third-order valence-corrected chi connectivity index (χ3v) is 5.87. The zero-order valence-corrected chi connectivity index (χ0v) is 20.0. The Morgan fingerprint density at radius 1 is 0.919 bits per heavy atom. The third-order valence-electron chi connectivity index (χ3n) is 5.87. The summed E-state index contributed by atoms with van der Waals surface area (Å²) in [6.07, 6.45) is 1.41. The Balaban J connectivity index is 1.29. The van der Waals surface area contributed by atoms with E-state index >= 15 is 0 Å². The maximum atomic E-state index is 12.9.